The second-order valence-corrected chi connectivity index (χ2v) is 4.18. The summed E-state index contributed by atoms with van der Waals surface area (Å²) in [7, 11) is 3.05. The molecule has 6 heteroatoms. The highest BCUT2D eigenvalue weighted by Gasteiger charge is 2.22. The van der Waals surface area contributed by atoms with Gasteiger partial charge in [0.25, 0.3) is 0 Å². The van der Waals surface area contributed by atoms with Gasteiger partial charge in [-0.2, -0.15) is 0 Å². The lowest BCUT2D eigenvalue weighted by atomic mass is 10.2. The largest absolute Gasteiger partial charge is 0.469 e. The van der Waals surface area contributed by atoms with E-state index in [1.54, 1.807) is 7.11 Å². The Bertz CT molecular complexity index is 237. The summed E-state index contributed by atoms with van der Waals surface area (Å²) in [5, 5.41) is 0. The molecule has 0 aliphatic carbocycles. The molecule has 1 unspecified atom stereocenters. The summed E-state index contributed by atoms with van der Waals surface area (Å²) in [6.45, 7) is 5.05. The molecule has 106 valence electrons. The van der Waals surface area contributed by atoms with Crippen LogP contribution in [0.15, 0.2) is 0 Å². The second-order valence-electron chi connectivity index (χ2n) is 4.18. The third-order valence-electron chi connectivity index (χ3n) is 2.83. The third-order valence-corrected chi connectivity index (χ3v) is 2.83. The molecule has 18 heavy (non-hydrogen) atoms. The summed E-state index contributed by atoms with van der Waals surface area (Å²) in [4.78, 5) is 13.4. The Morgan fingerprint density at radius 2 is 2.17 bits per heavy atom. The van der Waals surface area contributed by atoms with E-state index in [0.29, 0.717) is 32.8 Å². The van der Waals surface area contributed by atoms with Gasteiger partial charge >= 0.3 is 5.97 Å². The van der Waals surface area contributed by atoms with Crippen molar-refractivity contribution in [3.8, 4) is 0 Å². The lowest BCUT2D eigenvalue weighted by Crippen LogP contribution is -2.44. The van der Waals surface area contributed by atoms with E-state index in [9.17, 15) is 4.79 Å². The van der Waals surface area contributed by atoms with Crippen LogP contribution >= 0.6 is 0 Å². The number of ether oxygens (including phenoxy) is 4. The van der Waals surface area contributed by atoms with E-state index in [4.69, 9.17) is 14.2 Å². The first-order valence-electron chi connectivity index (χ1n) is 6.23. The van der Waals surface area contributed by atoms with Gasteiger partial charge in [-0.3, -0.25) is 9.69 Å². The van der Waals surface area contributed by atoms with Crippen LogP contribution in [0, 0.1) is 0 Å². The molecule has 0 spiro atoms. The van der Waals surface area contributed by atoms with E-state index in [1.807, 2.05) is 0 Å². The molecule has 1 fully saturated rings. The van der Waals surface area contributed by atoms with Crippen LogP contribution in [-0.4, -0.2) is 77.3 Å². The number of methoxy groups -OCH3 is 2. The maximum Gasteiger partial charge on any atom is 0.308 e. The molecule has 1 aliphatic rings. The highest BCUT2D eigenvalue weighted by molar-refractivity contribution is 5.69. The van der Waals surface area contributed by atoms with Crippen molar-refractivity contribution in [2.75, 3.05) is 60.3 Å². The van der Waals surface area contributed by atoms with Crippen LogP contribution in [0.25, 0.3) is 0 Å². The Kier molecular flexibility index (Phi) is 7.91. The number of carbonyl (C=O) groups excluding carboxylic acids is 1. The van der Waals surface area contributed by atoms with Crippen LogP contribution < -0.4 is 0 Å². The third kappa shape index (κ3) is 6.30. The number of hydrogen-bond acceptors (Lipinski definition) is 6. The molecule has 0 bridgehead atoms. The molecule has 0 saturated carbocycles. The van der Waals surface area contributed by atoms with Gasteiger partial charge in [0.2, 0.25) is 0 Å². The van der Waals surface area contributed by atoms with E-state index in [0.717, 1.165) is 19.6 Å². The van der Waals surface area contributed by atoms with Crippen LogP contribution in [0.3, 0.4) is 0 Å². The topological polar surface area (TPSA) is 57.2 Å². The molecule has 1 aliphatic heterocycles. The van der Waals surface area contributed by atoms with E-state index < -0.39 is 0 Å². The summed E-state index contributed by atoms with van der Waals surface area (Å²) in [5.74, 6) is -0.224. The highest BCUT2D eigenvalue weighted by atomic mass is 16.5. The lowest BCUT2D eigenvalue weighted by Gasteiger charge is -2.32. The Morgan fingerprint density at radius 1 is 1.33 bits per heavy atom. The van der Waals surface area contributed by atoms with E-state index >= 15 is 0 Å². The number of rotatable bonds is 8. The molecule has 1 atom stereocenters. The first-order valence-corrected chi connectivity index (χ1v) is 6.23. The Hall–Kier alpha value is -0.690. The highest BCUT2D eigenvalue weighted by Crippen LogP contribution is 2.09. The fourth-order valence-electron chi connectivity index (χ4n) is 1.81. The van der Waals surface area contributed by atoms with Gasteiger partial charge in [-0.15, -0.1) is 0 Å². The molecule has 0 N–H and O–H groups in total. The minimum atomic E-state index is -0.224. The standard InChI is InChI=1S/C12H23NO5/c1-15-7-8-17-5-3-13-4-6-18-11(10-13)9-12(14)16-2/h11H,3-10H2,1-2H3. The molecule has 1 rings (SSSR count). The quantitative estimate of drug-likeness (QED) is 0.450. The second kappa shape index (κ2) is 9.27. The van der Waals surface area contributed by atoms with Gasteiger partial charge in [-0.1, -0.05) is 0 Å². The van der Waals surface area contributed by atoms with Crippen LogP contribution in [0.2, 0.25) is 0 Å². The predicted molar refractivity (Wildman–Crippen MR) is 65.5 cm³/mol. The molecule has 1 saturated heterocycles. The van der Waals surface area contributed by atoms with E-state index in [2.05, 4.69) is 9.64 Å². The molecule has 0 amide bonds. The average Bonchev–Trinajstić information content (AvgIpc) is 2.39. The SMILES string of the molecule is COCCOCCN1CCOC(CC(=O)OC)C1. The molecule has 1 heterocycles. The molecule has 0 aromatic rings. The molecule has 0 radical (unpaired) electrons. The number of esters is 1. The van der Waals surface area contributed by atoms with Crippen molar-refractivity contribution in [2.24, 2.45) is 0 Å². The summed E-state index contributed by atoms with van der Waals surface area (Å²) in [5.41, 5.74) is 0. The monoisotopic (exact) mass is 261 g/mol. The number of morpholine rings is 1. The first kappa shape index (κ1) is 15.4. The smallest absolute Gasteiger partial charge is 0.308 e. The van der Waals surface area contributed by atoms with Crippen LogP contribution in [-0.2, 0) is 23.7 Å². The number of nitrogens with zero attached hydrogens (tertiary/aromatic N) is 1. The van der Waals surface area contributed by atoms with Gasteiger partial charge < -0.3 is 18.9 Å². The van der Waals surface area contributed by atoms with Gasteiger partial charge in [-0.05, 0) is 0 Å². The van der Waals surface area contributed by atoms with Crippen LogP contribution in [0.1, 0.15) is 6.42 Å². The normalized spacial score (nSPS) is 20.9. The van der Waals surface area contributed by atoms with Crippen molar-refractivity contribution in [1.29, 1.82) is 0 Å². The van der Waals surface area contributed by atoms with Gasteiger partial charge in [0.05, 0.1) is 46.1 Å². The summed E-state index contributed by atoms with van der Waals surface area (Å²) in [6, 6.07) is 0. The van der Waals surface area contributed by atoms with Crippen molar-refractivity contribution < 1.29 is 23.7 Å². The van der Waals surface area contributed by atoms with Crippen molar-refractivity contribution in [2.45, 2.75) is 12.5 Å². The predicted octanol–water partition coefficient (Wildman–Crippen LogP) is -0.0867. The average molecular weight is 261 g/mol. The molecule has 0 aromatic heterocycles. The van der Waals surface area contributed by atoms with Gasteiger partial charge in [0.1, 0.15) is 0 Å². The van der Waals surface area contributed by atoms with Gasteiger partial charge in [0, 0.05) is 26.7 Å². The fraction of sp³-hybridized carbons (Fsp3) is 0.917. The molecule has 6 nitrogen and oxygen atoms in total. The summed E-state index contributed by atoms with van der Waals surface area (Å²) < 4.78 is 20.5. The van der Waals surface area contributed by atoms with Crippen molar-refractivity contribution in [1.82, 2.24) is 4.90 Å². The minimum Gasteiger partial charge on any atom is -0.469 e. The van der Waals surface area contributed by atoms with E-state index in [-0.39, 0.29) is 12.1 Å². The van der Waals surface area contributed by atoms with Gasteiger partial charge in [0.15, 0.2) is 0 Å². The van der Waals surface area contributed by atoms with E-state index in [1.165, 1.54) is 7.11 Å². The summed E-state index contributed by atoms with van der Waals surface area (Å²) >= 11 is 0. The van der Waals surface area contributed by atoms with Crippen LogP contribution in [0.5, 0.6) is 0 Å². The Labute approximate surface area is 108 Å². The summed E-state index contributed by atoms with van der Waals surface area (Å²) in [6.07, 6.45) is 0.252. The molecular formula is C12H23NO5. The van der Waals surface area contributed by atoms with Crippen molar-refractivity contribution >= 4 is 5.97 Å². The Balaban J connectivity index is 2.12. The Morgan fingerprint density at radius 3 is 2.89 bits per heavy atom. The van der Waals surface area contributed by atoms with Crippen LogP contribution in [0.4, 0.5) is 0 Å². The maximum absolute atomic E-state index is 11.2. The molecule has 0 aromatic carbocycles. The van der Waals surface area contributed by atoms with Crippen molar-refractivity contribution in [3.63, 3.8) is 0 Å². The number of carbonyl (C=O) groups is 1. The number of hydrogen-bond donors (Lipinski definition) is 0. The zero-order valence-electron chi connectivity index (χ0n) is 11.2. The minimum absolute atomic E-state index is 0.0647. The maximum atomic E-state index is 11.2. The first-order chi connectivity index (χ1) is 8.76. The van der Waals surface area contributed by atoms with Gasteiger partial charge in [-0.25, -0.2) is 0 Å². The van der Waals surface area contributed by atoms with Crippen molar-refractivity contribution in [3.05, 3.63) is 0 Å². The molecular weight excluding hydrogens is 238 g/mol. The zero-order valence-corrected chi connectivity index (χ0v) is 11.2. The lowest BCUT2D eigenvalue weighted by molar-refractivity contribution is -0.145. The zero-order chi connectivity index (χ0) is 13.2. The fourth-order valence-corrected chi connectivity index (χ4v) is 1.81.